The monoisotopic (exact) mass is 435 g/mol. The van der Waals surface area contributed by atoms with Gasteiger partial charge in [0.2, 0.25) is 6.10 Å². The van der Waals surface area contributed by atoms with Crippen LogP contribution in [0.4, 0.5) is 0 Å². The Kier molecular flexibility index (Phi) is 6.53. The average molecular weight is 436 g/mol. The number of hydrogen-bond acceptors (Lipinski definition) is 4. The molecule has 1 aliphatic rings. The van der Waals surface area contributed by atoms with Crippen molar-refractivity contribution in [3.63, 3.8) is 0 Å². The van der Waals surface area contributed by atoms with E-state index in [1.807, 2.05) is 24.3 Å². The van der Waals surface area contributed by atoms with Crippen molar-refractivity contribution >= 4 is 23.5 Å². The number of halogens is 1. The standard InChI is InChI=1S/C25H22ClNO4/c26-21-12-6-4-10-18(21)16-30-22-13-7-5-11-20(22)25(29)31-23(17-8-2-1-3-9-17)24(28)27-19-14-15-19/h1-13,19,23H,14-16H2,(H,27,28). The number of benzene rings is 3. The molecule has 1 fully saturated rings. The second kappa shape index (κ2) is 9.67. The molecule has 0 spiro atoms. The lowest BCUT2D eigenvalue weighted by Gasteiger charge is -2.19. The Morgan fingerprint density at radius 3 is 2.35 bits per heavy atom. The van der Waals surface area contributed by atoms with Gasteiger partial charge in [0.1, 0.15) is 17.9 Å². The molecule has 1 saturated carbocycles. The van der Waals surface area contributed by atoms with E-state index in [1.165, 1.54) is 0 Å². The third-order valence-electron chi connectivity index (χ3n) is 4.94. The summed E-state index contributed by atoms with van der Waals surface area (Å²) < 4.78 is 11.5. The number of esters is 1. The third-order valence-corrected chi connectivity index (χ3v) is 5.31. The fourth-order valence-electron chi connectivity index (χ4n) is 3.11. The number of hydrogen-bond donors (Lipinski definition) is 1. The molecule has 4 rings (SSSR count). The van der Waals surface area contributed by atoms with Crippen molar-refractivity contribution in [1.29, 1.82) is 0 Å². The van der Waals surface area contributed by atoms with Gasteiger partial charge in [0.05, 0.1) is 0 Å². The van der Waals surface area contributed by atoms with Crippen molar-refractivity contribution in [2.24, 2.45) is 0 Å². The van der Waals surface area contributed by atoms with Gasteiger partial charge in [0.15, 0.2) is 0 Å². The van der Waals surface area contributed by atoms with Crippen LogP contribution in [0.15, 0.2) is 78.9 Å². The molecule has 3 aromatic rings. The zero-order valence-corrected chi connectivity index (χ0v) is 17.5. The van der Waals surface area contributed by atoms with E-state index >= 15 is 0 Å². The van der Waals surface area contributed by atoms with E-state index < -0.39 is 12.1 Å². The van der Waals surface area contributed by atoms with Crippen LogP contribution in [0.2, 0.25) is 5.02 Å². The van der Waals surface area contributed by atoms with Crippen LogP contribution >= 0.6 is 11.6 Å². The molecule has 0 bridgehead atoms. The van der Waals surface area contributed by atoms with Crippen LogP contribution in [-0.2, 0) is 16.1 Å². The number of rotatable bonds is 8. The molecule has 1 amide bonds. The highest BCUT2D eigenvalue weighted by Gasteiger charge is 2.31. The minimum Gasteiger partial charge on any atom is -0.488 e. The number of para-hydroxylation sites is 1. The first-order chi connectivity index (χ1) is 15.1. The lowest BCUT2D eigenvalue weighted by Crippen LogP contribution is -2.33. The van der Waals surface area contributed by atoms with E-state index in [0.717, 1.165) is 18.4 Å². The van der Waals surface area contributed by atoms with Gasteiger partial charge >= 0.3 is 5.97 Å². The van der Waals surface area contributed by atoms with Crippen molar-refractivity contribution in [3.05, 3.63) is 101 Å². The highest BCUT2D eigenvalue weighted by atomic mass is 35.5. The molecule has 1 aliphatic carbocycles. The van der Waals surface area contributed by atoms with Crippen LogP contribution in [0.3, 0.4) is 0 Å². The first-order valence-electron chi connectivity index (χ1n) is 10.1. The molecule has 3 aromatic carbocycles. The van der Waals surface area contributed by atoms with Gasteiger partial charge in [-0.2, -0.15) is 0 Å². The second-order valence-electron chi connectivity index (χ2n) is 7.36. The van der Waals surface area contributed by atoms with Crippen LogP contribution in [0.5, 0.6) is 5.75 Å². The van der Waals surface area contributed by atoms with Crippen molar-refractivity contribution in [3.8, 4) is 5.75 Å². The van der Waals surface area contributed by atoms with E-state index in [9.17, 15) is 9.59 Å². The molecule has 0 aliphatic heterocycles. The Balaban J connectivity index is 1.52. The molecule has 158 valence electrons. The lowest BCUT2D eigenvalue weighted by molar-refractivity contribution is -0.130. The highest BCUT2D eigenvalue weighted by Crippen LogP contribution is 2.27. The lowest BCUT2D eigenvalue weighted by atomic mass is 10.1. The molecule has 1 unspecified atom stereocenters. The Morgan fingerprint density at radius 1 is 0.935 bits per heavy atom. The van der Waals surface area contributed by atoms with Crippen LogP contribution in [0, 0.1) is 0 Å². The topological polar surface area (TPSA) is 64.6 Å². The maximum absolute atomic E-state index is 13.0. The van der Waals surface area contributed by atoms with E-state index in [-0.39, 0.29) is 24.1 Å². The summed E-state index contributed by atoms with van der Waals surface area (Å²) in [6.45, 7) is 0.203. The minimum absolute atomic E-state index is 0.156. The van der Waals surface area contributed by atoms with Crippen LogP contribution in [-0.4, -0.2) is 17.9 Å². The number of carbonyl (C=O) groups excluding carboxylic acids is 2. The van der Waals surface area contributed by atoms with E-state index in [4.69, 9.17) is 21.1 Å². The van der Waals surface area contributed by atoms with Crippen LogP contribution in [0.25, 0.3) is 0 Å². The van der Waals surface area contributed by atoms with Gasteiger partial charge in [-0.3, -0.25) is 4.79 Å². The summed E-state index contributed by atoms with van der Waals surface area (Å²) in [6.07, 6.45) is 0.853. The number of ether oxygens (including phenoxy) is 2. The van der Waals surface area contributed by atoms with Gasteiger partial charge in [0, 0.05) is 22.2 Å². The Labute approximate surface area is 185 Å². The molecule has 0 aromatic heterocycles. The summed E-state index contributed by atoms with van der Waals surface area (Å²) in [4.78, 5) is 25.8. The number of nitrogens with one attached hydrogen (secondary N) is 1. The van der Waals surface area contributed by atoms with E-state index in [2.05, 4.69) is 5.32 Å². The first-order valence-corrected chi connectivity index (χ1v) is 10.5. The molecule has 6 heteroatoms. The molecule has 0 heterocycles. The van der Waals surface area contributed by atoms with E-state index in [1.54, 1.807) is 54.6 Å². The van der Waals surface area contributed by atoms with Gasteiger partial charge < -0.3 is 14.8 Å². The Bertz CT molecular complexity index is 1070. The first kappa shape index (κ1) is 20.9. The molecule has 0 radical (unpaired) electrons. The highest BCUT2D eigenvalue weighted by molar-refractivity contribution is 6.31. The molecule has 0 saturated heterocycles. The summed E-state index contributed by atoms with van der Waals surface area (Å²) in [5.74, 6) is -0.590. The molecule has 1 atom stereocenters. The molecule has 1 N–H and O–H groups in total. The van der Waals surface area contributed by atoms with Crippen molar-refractivity contribution in [2.75, 3.05) is 0 Å². The van der Waals surface area contributed by atoms with Crippen molar-refractivity contribution < 1.29 is 19.1 Å². The van der Waals surface area contributed by atoms with Gasteiger partial charge in [-0.05, 0) is 31.0 Å². The number of carbonyl (C=O) groups is 2. The summed E-state index contributed by atoms with van der Waals surface area (Å²) in [5.41, 5.74) is 1.66. The fourth-order valence-corrected chi connectivity index (χ4v) is 3.30. The third kappa shape index (κ3) is 5.44. The van der Waals surface area contributed by atoms with Crippen molar-refractivity contribution in [2.45, 2.75) is 31.6 Å². The maximum atomic E-state index is 13.0. The summed E-state index contributed by atoms with van der Waals surface area (Å²) in [6, 6.07) is 23.3. The van der Waals surface area contributed by atoms with Gasteiger partial charge in [0.25, 0.3) is 5.91 Å². The second-order valence-corrected chi connectivity index (χ2v) is 7.76. The predicted molar refractivity (Wildman–Crippen MR) is 118 cm³/mol. The quantitative estimate of drug-likeness (QED) is 0.500. The van der Waals surface area contributed by atoms with Crippen LogP contribution in [0.1, 0.15) is 40.4 Å². The maximum Gasteiger partial charge on any atom is 0.343 e. The zero-order chi connectivity index (χ0) is 21.6. The predicted octanol–water partition coefficient (Wildman–Crippen LogP) is 5.10. The van der Waals surface area contributed by atoms with Gasteiger partial charge in [-0.25, -0.2) is 4.79 Å². The smallest absolute Gasteiger partial charge is 0.343 e. The van der Waals surface area contributed by atoms with Crippen molar-refractivity contribution in [1.82, 2.24) is 5.32 Å². The molecular formula is C25H22ClNO4. The zero-order valence-electron chi connectivity index (χ0n) is 16.8. The minimum atomic E-state index is -1.04. The molecular weight excluding hydrogens is 414 g/mol. The fraction of sp³-hybridized carbons (Fsp3) is 0.200. The van der Waals surface area contributed by atoms with E-state index in [0.29, 0.717) is 16.3 Å². The summed E-state index contributed by atoms with van der Waals surface area (Å²) in [5, 5.41) is 3.50. The Morgan fingerprint density at radius 2 is 1.61 bits per heavy atom. The summed E-state index contributed by atoms with van der Waals surface area (Å²) >= 11 is 6.19. The largest absolute Gasteiger partial charge is 0.488 e. The SMILES string of the molecule is O=C(OC(C(=O)NC1CC1)c1ccccc1)c1ccccc1OCc1ccccc1Cl. The van der Waals surface area contributed by atoms with Gasteiger partial charge in [-0.1, -0.05) is 72.3 Å². The van der Waals surface area contributed by atoms with Crippen LogP contribution < -0.4 is 10.1 Å². The average Bonchev–Trinajstić information content (AvgIpc) is 3.61. The Hall–Kier alpha value is -3.31. The summed E-state index contributed by atoms with van der Waals surface area (Å²) in [7, 11) is 0. The number of amides is 1. The normalized spacial score (nSPS) is 13.8. The molecule has 31 heavy (non-hydrogen) atoms. The molecule has 5 nitrogen and oxygen atoms in total. The van der Waals surface area contributed by atoms with Gasteiger partial charge in [-0.15, -0.1) is 0 Å².